The van der Waals surface area contributed by atoms with E-state index in [9.17, 15) is 9.59 Å². The predicted octanol–water partition coefficient (Wildman–Crippen LogP) is 3.38. The fourth-order valence-electron chi connectivity index (χ4n) is 2.91. The van der Waals surface area contributed by atoms with Gasteiger partial charge in [0.2, 0.25) is 0 Å². The van der Waals surface area contributed by atoms with Crippen LogP contribution < -0.4 is 0 Å². The lowest BCUT2D eigenvalue weighted by Crippen LogP contribution is -2.37. The van der Waals surface area contributed by atoms with Gasteiger partial charge in [0.1, 0.15) is 6.61 Å². The summed E-state index contributed by atoms with van der Waals surface area (Å²) in [6, 6.07) is 9.68. The van der Waals surface area contributed by atoms with Crippen LogP contribution >= 0.6 is 0 Å². The second kappa shape index (κ2) is 8.56. The Labute approximate surface area is 137 Å². The van der Waals surface area contributed by atoms with E-state index in [1.165, 1.54) is 0 Å². The average Bonchev–Trinajstić information content (AvgIpc) is 3.02. The quantitative estimate of drug-likeness (QED) is 0.754. The van der Waals surface area contributed by atoms with Gasteiger partial charge in [0.25, 0.3) is 0 Å². The molecule has 0 spiro atoms. The Bertz CT molecular complexity index is 517. The van der Waals surface area contributed by atoms with Crippen LogP contribution in [0.5, 0.6) is 0 Å². The number of nitrogens with zero attached hydrogens (tertiary/aromatic N) is 1. The molecule has 1 heterocycles. The number of hydrogen-bond donors (Lipinski definition) is 0. The number of carbonyl (C=O) groups is 2. The molecule has 0 radical (unpaired) electrons. The predicted molar refractivity (Wildman–Crippen MR) is 86.8 cm³/mol. The molecular weight excluding hydrogens is 294 g/mol. The Morgan fingerprint density at radius 1 is 1.26 bits per heavy atom. The van der Waals surface area contributed by atoms with Gasteiger partial charge in [0.05, 0.1) is 12.5 Å². The fraction of sp³-hybridized carbons (Fsp3) is 0.556. The topological polar surface area (TPSA) is 55.8 Å². The van der Waals surface area contributed by atoms with E-state index in [0.29, 0.717) is 19.6 Å². The maximum absolute atomic E-state index is 12.3. The highest BCUT2D eigenvalue weighted by Crippen LogP contribution is 2.25. The standard InChI is InChI=1S/C18H25NO4/c1-3-22-17(20)14(2)12-16-10-7-11-19(16)18(21)23-13-15-8-5-4-6-9-15/h4-6,8-9,14,16H,3,7,10-13H2,1-2H3. The van der Waals surface area contributed by atoms with Crippen molar-refractivity contribution in [1.82, 2.24) is 4.90 Å². The highest BCUT2D eigenvalue weighted by atomic mass is 16.6. The van der Waals surface area contributed by atoms with Crippen LogP contribution in [0.25, 0.3) is 0 Å². The lowest BCUT2D eigenvalue weighted by Gasteiger charge is -2.25. The van der Waals surface area contributed by atoms with Crippen molar-refractivity contribution in [3.63, 3.8) is 0 Å². The second-order valence-corrected chi connectivity index (χ2v) is 5.92. The Morgan fingerprint density at radius 3 is 2.70 bits per heavy atom. The van der Waals surface area contributed by atoms with Crippen LogP contribution in [0.2, 0.25) is 0 Å². The van der Waals surface area contributed by atoms with E-state index in [1.54, 1.807) is 11.8 Å². The van der Waals surface area contributed by atoms with Crippen LogP contribution in [0.4, 0.5) is 4.79 Å². The number of rotatable bonds is 6. The highest BCUT2D eigenvalue weighted by molar-refractivity contribution is 5.72. The molecule has 5 nitrogen and oxygen atoms in total. The Morgan fingerprint density at radius 2 is 2.00 bits per heavy atom. The number of amides is 1. The Hall–Kier alpha value is -2.04. The van der Waals surface area contributed by atoms with Crippen LogP contribution in [0.3, 0.4) is 0 Å². The molecule has 1 saturated heterocycles. The van der Waals surface area contributed by atoms with Crippen LogP contribution in [0, 0.1) is 5.92 Å². The van der Waals surface area contributed by atoms with E-state index in [4.69, 9.17) is 9.47 Å². The molecule has 2 rings (SSSR count). The zero-order chi connectivity index (χ0) is 16.7. The molecule has 1 fully saturated rings. The van der Waals surface area contributed by atoms with Gasteiger partial charge in [-0.3, -0.25) is 4.79 Å². The zero-order valence-electron chi connectivity index (χ0n) is 13.9. The molecule has 126 valence electrons. The van der Waals surface area contributed by atoms with E-state index < -0.39 is 0 Å². The number of carbonyl (C=O) groups excluding carboxylic acids is 2. The summed E-state index contributed by atoms with van der Waals surface area (Å²) in [6.07, 6.45) is 2.18. The Balaban J connectivity index is 1.85. The Kier molecular flexibility index (Phi) is 6.44. The van der Waals surface area contributed by atoms with Crippen LogP contribution in [-0.2, 0) is 20.9 Å². The van der Waals surface area contributed by atoms with E-state index in [-0.39, 0.29) is 30.6 Å². The lowest BCUT2D eigenvalue weighted by atomic mass is 10.0. The summed E-state index contributed by atoms with van der Waals surface area (Å²) in [6.45, 7) is 5.00. The number of esters is 1. The summed E-state index contributed by atoms with van der Waals surface area (Å²) >= 11 is 0. The van der Waals surface area contributed by atoms with E-state index in [2.05, 4.69) is 0 Å². The monoisotopic (exact) mass is 319 g/mol. The molecule has 0 bridgehead atoms. The molecule has 1 aliphatic heterocycles. The first-order valence-corrected chi connectivity index (χ1v) is 8.25. The highest BCUT2D eigenvalue weighted by Gasteiger charge is 2.32. The van der Waals surface area contributed by atoms with Crippen molar-refractivity contribution in [3.8, 4) is 0 Å². The molecular formula is C18H25NO4. The molecule has 0 saturated carbocycles. The summed E-state index contributed by atoms with van der Waals surface area (Å²) in [5, 5.41) is 0. The zero-order valence-corrected chi connectivity index (χ0v) is 13.9. The van der Waals surface area contributed by atoms with Gasteiger partial charge in [-0.2, -0.15) is 0 Å². The second-order valence-electron chi connectivity index (χ2n) is 5.92. The average molecular weight is 319 g/mol. The van der Waals surface area contributed by atoms with Crippen molar-refractivity contribution in [2.75, 3.05) is 13.2 Å². The van der Waals surface area contributed by atoms with Crippen LogP contribution in [-0.4, -0.2) is 36.2 Å². The lowest BCUT2D eigenvalue weighted by molar-refractivity contribution is -0.148. The molecule has 2 unspecified atom stereocenters. The van der Waals surface area contributed by atoms with Gasteiger partial charge in [-0.15, -0.1) is 0 Å². The third-order valence-electron chi connectivity index (χ3n) is 4.13. The molecule has 23 heavy (non-hydrogen) atoms. The van der Waals surface area contributed by atoms with E-state index >= 15 is 0 Å². The van der Waals surface area contributed by atoms with Crippen LogP contribution in [0.1, 0.15) is 38.7 Å². The first kappa shape index (κ1) is 17.3. The summed E-state index contributed by atoms with van der Waals surface area (Å²) < 4.78 is 10.4. The van der Waals surface area contributed by atoms with Gasteiger partial charge >= 0.3 is 12.1 Å². The number of ether oxygens (including phenoxy) is 2. The fourth-order valence-corrected chi connectivity index (χ4v) is 2.91. The van der Waals surface area contributed by atoms with E-state index in [0.717, 1.165) is 18.4 Å². The summed E-state index contributed by atoms with van der Waals surface area (Å²) in [5.41, 5.74) is 0.969. The molecule has 1 aromatic carbocycles. The summed E-state index contributed by atoms with van der Waals surface area (Å²) in [7, 11) is 0. The van der Waals surface area contributed by atoms with Crippen molar-refractivity contribution < 1.29 is 19.1 Å². The molecule has 0 N–H and O–H groups in total. The third kappa shape index (κ3) is 4.98. The molecule has 2 atom stereocenters. The minimum atomic E-state index is -0.299. The van der Waals surface area contributed by atoms with Crippen molar-refractivity contribution in [3.05, 3.63) is 35.9 Å². The first-order chi connectivity index (χ1) is 11.1. The minimum Gasteiger partial charge on any atom is -0.466 e. The van der Waals surface area contributed by atoms with Gasteiger partial charge in [0.15, 0.2) is 0 Å². The number of likely N-dealkylation sites (tertiary alicyclic amines) is 1. The van der Waals surface area contributed by atoms with Crippen LogP contribution in [0.15, 0.2) is 30.3 Å². The minimum absolute atomic E-state index is 0.0534. The normalized spacial score (nSPS) is 18.5. The van der Waals surface area contributed by atoms with Gasteiger partial charge < -0.3 is 14.4 Å². The molecule has 0 aromatic heterocycles. The smallest absolute Gasteiger partial charge is 0.410 e. The van der Waals surface area contributed by atoms with E-state index in [1.807, 2.05) is 37.3 Å². The molecule has 1 amide bonds. The molecule has 1 aliphatic rings. The van der Waals surface area contributed by atoms with Gasteiger partial charge in [-0.05, 0) is 31.7 Å². The van der Waals surface area contributed by atoms with Crippen molar-refractivity contribution in [2.45, 2.75) is 45.8 Å². The summed E-state index contributed by atoms with van der Waals surface area (Å²) in [5.74, 6) is -0.403. The van der Waals surface area contributed by atoms with Gasteiger partial charge in [0, 0.05) is 12.6 Å². The van der Waals surface area contributed by atoms with Gasteiger partial charge in [-0.25, -0.2) is 4.79 Å². The van der Waals surface area contributed by atoms with Crippen molar-refractivity contribution >= 4 is 12.1 Å². The molecule has 5 heteroatoms. The largest absolute Gasteiger partial charge is 0.466 e. The summed E-state index contributed by atoms with van der Waals surface area (Å²) in [4.78, 5) is 25.8. The maximum atomic E-state index is 12.3. The van der Waals surface area contributed by atoms with Crippen molar-refractivity contribution in [2.24, 2.45) is 5.92 Å². The molecule has 1 aromatic rings. The first-order valence-electron chi connectivity index (χ1n) is 8.25. The van der Waals surface area contributed by atoms with Gasteiger partial charge in [-0.1, -0.05) is 37.3 Å². The molecule has 0 aliphatic carbocycles. The maximum Gasteiger partial charge on any atom is 0.410 e. The number of hydrogen-bond acceptors (Lipinski definition) is 4. The number of benzene rings is 1. The van der Waals surface area contributed by atoms with Crippen molar-refractivity contribution in [1.29, 1.82) is 0 Å². The SMILES string of the molecule is CCOC(=O)C(C)CC1CCCN1C(=O)OCc1ccccc1. The third-order valence-corrected chi connectivity index (χ3v) is 4.13.